The molecule has 2 unspecified atom stereocenters. The maximum Gasteiger partial charge on any atom is 0.213 e. The summed E-state index contributed by atoms with van der Waals surface area (Å²) in [7, 11) is 1.94. The smallest absolute Gasteiger partial charge is 0.213 e. The predicted molar refractivity (Wildman–Crippen MR) is 66.2 cm³/mol. The summed E-state index contributed by atoms with van der Waals surface area (Å²) in [5.41, 5.74) is 1.19. The number of hydrogen-bond acceptors (Lipinski definition) is 4. The first-order chi connectivity index (χ1) is 8.29. The first kappa shape index (κ1) is 12.3. The third-order valence-corrected chi connectivity index (χ3v) is 3.13. The molecular weight excluding hydrogens is 216 g/mol. The van der Waals surface area contributed by atoms with Gasteiger partial charge in [0.1, 0.15) is 6.61 Å². The fourth-order valence-corrected chi connectivity index (χ4v) is 1.89. The number of nitrogens with one attached hydrogen (secondary N) is 1. The molecule has 4 heteroatoms. The van der Waals surface area contributed by atoms with Crippen LogP contribution in [0.15, 0.2) is 18.3 Å². The van der Waals surface area contributed by atoms with E-state index >= 15 is 0 Å². The van der Waals surface area contributed by atoms with Gasteiger partial charge in [0, 0.05) is 24.9 Å². The zero-order valence-corrected chi connectivity index (χ0v) is 10.5. The molecule has 4 nitrogen and oxygen atoms in total. The van der Waals surface area contributed by atoms with Crippen LogP contribution in [0, 0.1) is 0 Å². The highest BCUT2D eigenvalue weighted by molar-refractivity contribution is 5.23. The maximum atomic E-state index is 5.66. The lowest BCUT2D eigenvalue weighted by Crippen LogP contribution is -2.17. The predicted octanol–water partition coefficient (Wildman–Crippen LogP) is 1.92. The highest BCUT2D eigenvalue weighted by Gasteiger charge is 2.16. The number of hydrogen-bond donors (Lipinski definition) is 1. The van der Waals surface area contributed by atoms with Crippen molar-refractivity contribution in [3.63, 3.8) is 0 Å². The number of pyridine rings is 1. The topological polar surface area (TPSA) is 43.4 Å². The minimum absolute atomic E-state index is 0.238. The van der Waals surface area contributed by atoms with Crippen LogP contribution >= 0.6 is 0 Å². The second-order valence-corrected chi connectivity index (χ2v) is 4.38. The Morgan fingerprint density at radius 3 is 3.24 bits per heavy atom. The van der Waals surface area contributed by atoms with Crippen molar-refractivity contribution in [2.75, 3.05) is 20.3 Å². The monoisotopic (exact) mass is 236 g/mol. The summed E-state index contributed by atoms with van der Waals surface area (Å²) in [5, 5.41) is 3.20. The van der Waals surface area contributed by atoms with Crippen molar-refractivity contribution in [2.45, 2.75) is 31.9 Å². The minimum atomic E-state index is 0.238. The molecule has 0 aromatic carbocycles. The summed E-state index contributed by atoms with van der Waals surface area (Å²) in [6.07, 6.45) is 4.25. The van der Waals surface area contributed by atoms with Crippen molar-refractivity contribution >= 4 is 0 Å². The first-order valence-corrected chi connectivity index (χ1v) is 6.17. The molecule has 2 rings (SSSR count). The van der Waals surface area contributed by atoms with Gasteiger partial charge in [-0.25, -0.2) is 4.98 Å². The average molecular weight is 236 g/mol. The molecule has 1 aliphatic heterocycles. The fraction of sp³-hybridized carbons (Fsp3) is 0.615. The maximum absolute atomic E-state index is 5.66. The van der Waals surface area contributed by atoms with Crippen LogP contribution in [0.3, 0.4) is 0 Å². The zero-order chi connectivity index (χ0) is 12.1. The van der Waals surface area contributed by atoms with Crippen LogP contribution in [0.5, 0.6) is 5.88 Å². The Morgan fingerprint density at radius 1 is 1.65 bits per heavy atom. The Bertz CT molecular complexity index is 351. The van der Waals surface area contributed by atoms with E-state index in [0.29, 0.717) is 18.5 Å². The summed E-state index contributed by atoms with van der Waals surface area (Å²) < 4.78 is 11.2. The molecule has 0 amide bonds. The van der Waals surface area contributed by atoms with Gasteiger partial charge in [0.05, 0.1) is 6.10 Å². The fourth-order valence-electron chi connectivity index (χ4n) is 1.89. The summed E-state index contributed by atoms with van der Waals surface area (Å²) in [5.74, 6) is 0.681. The lowest BCUT2D eigenvalue weighted by Gasteiger charge is -2.13. The highest BCUT2D eigenvalue weighted by Crippen LogP contribution is 2.18. The summed E-state index contributed by atoms with van der Waals surface area (Å²) in [4.78, 5) is 4.21. The van der Waals surface area contributed by atoms with Gasteiger partial charge in [-0.1, -0.05) is 0 Å². The van der Waals surface area contributed by atoms with Gasteiger partial charge in [-0.05, 0) is 38.4 Å². The van der Waals surface area contributed by atoms with E-state index in [-0.39, 0.29) is 6.10 Å². The van der Waals surface area contributed by atoms with Gasteiger partial charge < -0.3 is 14.8 Å². The van der Waals surface area contributed by atoms with Crippen LogP contribution in [-0.4, -0.2) is 31.3 Å². The zero-order valence-electron chi connectivity index (χ0n) is 10.5. The molecule has 2 heterocycles. The largest absolute Gasteiger partial charge is 0.475 e. The van der Waals surface area contributed by atoms with E-state index in [9.17, 15) is 0 Å². The average Bonchev–Trinajstić information content (AvgIpc) is 2.89. The first-order valence-electron chi connectivity index (χ1n) is 6.17. The highest BCUT2D eigenvalue weighted by atomic mass is 16.5. The standard InChI is InChI=1S/C13H20N2O2/c1-10(14-2)11-5-6-15-13(8-11)17-9-12-4-3-7-16-12/h5-6,8,10,12,14H,3-4,7,9H2,1-2H3. The SMILES string of the molecule is CNC(C)c1ccnc(OCC2CCCO2)c1. The summed E-state index contributed by atoms with van der Waals surface area (Å²) >= 11 is 0. The lowest BCUT2D eigenvalue weighted by atomic mass is 10.1. The molecule has 0 bridgehead atoms. The minimum Gasteiger partial charge on any atom is -0.475 e. The van der Waals surface area contributed by atoms with Gasteiger partial charge in [-0.3, -0.25) is 0 Å². The summed E-state index contributed by atoms with van der Waals surface area (Å²) in [6, 6.07) is 4.29. The Balaban J connectivity index is 1.91. The van der Waals surface area contributed by atoms with E-state index in [1.54, 1.807) is 6.20 Å². The molecule has 1 aromatic heterocycles. The molecule has 1 N–H and O–H groups in total. The van der Waals surface area contributed by atoms with E-state index in [4.69, 9.17) is 9.47 Å². The van der Waals surface area contributed by atoms with Gasteiger partial charge >= 0.3 is 0 Å². The molecule has 0 aliphatic carbocycles. The number of ether oxygens (including phenoxy) is 2. The summed E-state index contributed by atoms with van der Waals surface area (Å²) in [6.45, 7) is 3.57. The lowest BCUT2D eigenvalue weighted by molar-refractivity contribution is 0.0663. The van der Waals surface area contributed by atoms with E-state index < -0.39 is 0 Å². The van der Waals surface area contributed by atoms with Crippen molar-refractivity contribution in [2.24, 2.45) is 0 Å². The van der Waals surface area contributed by atoms with Gasteiger partial charge in [0.25, 0.3) is 0 Å². The third kappa shape index (κ3) is 3.41. The van der Waals surface area contributed by atoms with Crippen LogP contribution in [0.25, 0.3) is 0 Å². The van der Waals surface area contributed by atoms with Crippen molar-refractivity contribution < 1.29 is 9.47 Å². The second kappa shape index (κ2) is 5.98. The van der Waals surface area contributed by atoms with Crippen molar-refractivity contribution in [1.29, 1.82) is 0 Å². The Morgan fingerprint density at radius 2 is 2.53 bits per heavy atom. The molecular formula is C13H20N2O2. The molecule has 0 radical (unpaired) electrons. The van der Waals surface area contributed by atoms with Crippen molar-refractivity contribution in [1.82, 2.24) is 10.3 Å². The second-order valence-electron chi connectivity index (χ2n) is 4.38. The van der Waals surface area contributed by atoms with Gasteiger partial charge in [0.2, 0.25) is 5.88 Å². The molecule has 2 atom stereocenters. The Hall–Kier alpha value is -1.13. The normalized spacial score (nSPS) is 21.4. The third-order valence-electron chi connectivity index (χ3n) is 3.13. The molecule has 0 spiro atoms. The number of nitrogens with zero attached hydrogens (tertiary/aromatic N) is 1. The Kier molecular flexibility index (Phi) is 4.34. The molecule has 17 heavy (non-hydrogen) atoms. The van der Waals surface area contributed by atoms with Crippen LogP contribution < -0.4 is 10.1 Å². The van der Waals surface area contributed by atoms with Crippen LogP contribution in [0.2, 0.25) is 0 Å². The number of rotatable bonds is 5. The van der Waals surface area contributed by atoms with Gasteiger partial charge in [-0.2, -0.15) is 0 Å². The molecule has 1 aliphatic rings. The van der Waals surface area contributed by atoms with Crippen LogP contribution in [0.1, 0.15) is 31.4 Å². The van der Waals surface area contributed by atoms with Gasteiger partial charge in [0.15, 0.2) is 0 Å². The molecule has 1 fully saturated rings. The van der Waals surface area contributed by atoms with E-state index in [1.807, 2.05) is 19.2 Å². The quantitative estimate of drug-likeness (QED) is 0.848. The van der Waals surface area contributed by atoms with Crippen molar-refractivity contribution in [3.05, 3.63) is 23.9 Å². The van der Waals surface area contributed by atoms with E-state index in [1.165, 1.54) is 5.56 Å². The number of aromatic nitrogens is 1. The molecule has 94 valence electrons. The molecule has 1 aromatic rings. The molecule has 0 saturated carbocycles. The van der Waals surface area contributed by atoms with Crippen LogP contribution in [-0.2, 0) is 4.74 Å². The van der Waals surface area contributed by atoms with E-state index in [2.05, 4.69) is 17.2 Å². The Labute approximate surface area is 102 Å². The van der Waals surface area contributed by atoms with Crippen molar-refractivity contribution in [3.8, 4) is 5.88 Å². The van der Waals surface area contributed by atoms with Gasteiger partial charge in [-0.15, -0.1) is 0 Å². The van der Waals surface area contributed by atoms with Crippen LogP contribution in [0.4, 0.5) is 0 Å². The molecule has 1 saturated heterocycles. The van der Waals surface area contributed by atoms with E-state index in [0.717, 1.165) is 19.4 Å².